The number of carbonyl (C=O) groups is 4. The molecule has 0 aromatic heterocycles. The van der Waals surface area contributed by atoms with Crippen LogP contribution in [0.15, 0.2) is 0 Å². The van der Waals surface area contributed by atoms with Gasteiger partial charge in [-0.25, -0.2) is 0 Å². The van der Waals surface area contributed by atoms with Gasteiger partial charge in [0, 0.05) is 19.3 Å². The zero-order chi connectivity index (χ0) is 40.4. The number of hydrogen-bond donors (Lipinski definition) is 2. The van der Waals surface area contributed by atoms with Crippen molar-refractivity contribution in [2.24, 2.45) is 23.7 Å². The van der Waals surface area contributed by atoms with Crippen LogP contribution in [-0.4, -0.2) is 107 Å². The molecule has 316 valence electrons. The van der Waals surface area contributed by atoms with E-state index in [1.807, 2.05) is 48.5 Å². The number of rotatable bonds is 21. The van der Waals surface area contributed by atoms with Crippen molar-refractivity contribution in [1.82, 2.24) is 0 Å². The maximum absolute atomic E-state index is 13.3. The summed E-state index contributed by atoms with van der Waals surface area (Å²) in [6.07, 6.45) is 6.53. The molecule has 0 aromatic carbocycles. The highest BCUT2D eigenvalue weighted by Gasteiger charge is 2.40. The highest BCUT2D eigenvalue weighted by molar-refractivity contribution is 5.74. The Labute approximate surface area is 328 Å². The monoisotopic (exact) mass is 782 g/mol. The Morgan fingerprint density at radius 2 is 0.855 bits per heavy atom. The van der Waals surface area contributed by atoms with Crippen LogP contribution in [0.25, 0.3) is 0 Å². The Hall–Kier alpha value is -2.32. The maximum atomic E-state index is 13.3. The van der Waals surface area contributed by atoms with Crippen LogP contribution >= 0.6 is 0 Å². The van der Waals surface area contributed by atoms with E-state index in [2.05, 4.69) is 0 Å². The summed E-state index contributed by atoms with van der Waals surface area (Å²) in [4.78, 5) is 50.5. The number of hydrogen-bond acceptors (Lipinski definition) is 12. The lowest BCUT2D eigenvalue weighted by Crippen LogP contribution is -2.34. The van der Waals surface area contributed by atoms with Gasteiger partial charge in [0.05, 0.1) is 78.6 Å². The predicted molar refractivity (Wildman–Crippen MR) is 202 cm³/mol. The summed E-state index contributed by atoms with van der Waals surface area (Å²) in [5, 5.41) is 19.2. The molecule has 2 N–H and O–H groups in total. The van der Waals surface area contributed by atoms with E-state index in [0.29, 0.717) is 57.8 Å². The zero-order valence-electron chi connectivity index (χ0n) is 34.5. The van der Waals surface area contributed by atoms with Gasteiger partial charge in [-0.2, -0.15) is 0 Å². The normalized spacial score (nSPS) is 32.5. The van der Waals surface area contributed by atoms with Gasteiger partial charge in [-0.05, 0) is 112 Å². The van der Waals surface area contributed by atoms with Crippen molar-refractivity contribution >= 4 is 23.9 Å². The van der Waals surface area contributed by atoms with E-state index in [1.54, 1.807) is 6.92 Å². The first kappa shape index (κ1) is 45.4. The summed E-state index contributed by atoms with van der Waals surface area (Å²) in [6.45, 7) is 14.8. The topological polar surface area (TPSA) is 173 Å². The van der Waals surface area contributed by atoms with Crippen molar-refractivity contribution in [2.75, 3.05) is 0 Å². The molecule has 4 aliphatic heterocycles. The Kier molecular flexibility index (Phi) is 17.7. The average molecular weight is 783 g/mol. The van der Waals surface area contributed by atoms with E-state index in [4.69, 9.17) is 33.2 Å². The predicted octanol–water partition coefficient (Wildman–Crippen LogP) is 6.32. The van der Waals surface area contributed by atoms with Crippen molar-refractivity contribution in [3.63, 3.8) is 0 Å². The standard InChI is InChI=1S/C42H70O13/c1-9-29(43)21-33-13-17-36(53-33)26(6)40(46)50-24(4)20-32-12-16-38(52-32)28(8)42(48)55-30(10-2)22-34-14-18-37(54-34)27(7)41(47)49-23(3)19-31-11-15-35(51-31)25(5)39(44)45/h23-38,43H,9-22H2,1-8H3,(H,44,45)/t23-,24-,25+,26-,27-,28+,29+,30+,31-,32-,33+,34+,35+,36-,37-,38+/m0/s1. The van der Waals surface area contributed by atoms with Crippen molar-refractivity contribution in [1.29, 1.82) is 0 Å². The van der Waals surface area contributed by atoms with Gasteiger partial charge in [-0.3, -0.25) is 19.2 Å². The van der Waals surface area contributed by atoms with Crippen molar-refractivity contribution in [3.8, 4) is 0 Å². The molecule has 0 unspecified atom stereocenters. The highest BCUT2D eigenvalue weighted by Crippen LogP contribution is 2.34. The van der Waals surface area contributed by atoms with Crippen molar-refractivity contribution in [3.05, 3.63) is 0 Å². The molecule has 0 saturated carbocycles. The second-order valence-electron chi connectivity index (χ2n) is 17.0. The van der Waals surface area contributed by atoms with Crippen molar-refractivity contribution in [2.45, 2.75) is 219 Å². The summed E-state index contributed by atoms with van der Waals surface area (Å²) < 4.78 is 42.1. The third-order valence-electron chi connectivity index (χ3n) is 12.4. The van der Waals surface area contributed by atoms with Crippen LogP contribution in [0.2, 0.25) is 0 Å². The van der Waals surface area contributed by atoms with Crippen LogP contribution in [-0.2, 0) is 52.3 Å². The first-order valence-corrected chi connectivity index (χ1v) is 21.2. The molecule has 16 atom stereocenters. The molecular formula is C42H70O13. The zero-order valence-corrected chi connectivity index (χ0v) is 34.5. The fourth-order valence-corrected chi connectivity index (χ4v) is 8.49. The number of ether oxygens (including phenoxy) is 7. The lowest BCUT2D eigenvalue weighted by molar-refractivity contribution is -0.161. The van der Waals surface area contributed by atoms with Crippen LogP contribution in [0.5, 0.6) is 0 Å². The van der Waals surface area contributed by atoms with E-state index in [-0.39, 0.29) is 91.2 Å². The number of aliphatic hydroxyl groups is 1. The molecule has 4 rings (SSSR count). The smallest absolute Gasteiger partial charge is 0.311 e. The largest absolute Gasteiger partial charge is 0.481 e. The first-order chi connectivity index (χ1) is 26.1. The summed E-state index contributed by atoms with van der Waals surface area (Å²) in [5.74, 6) is -3.66. The third-order valence-corrected chi connectivity index (χ3v) is 12.4. The lowest BCUT2D eigenvalue weighted by atomic mass is 10.00. The molecule has 0 aliphatic carbocycles. The van der Waals surface area contributed by atoms with Gasteiger partial charge in [0.25, 0.3) is 0 Å². The van der Waals surface area contributed by atoms with Crippen LogP contribution < -0.4 is 0 Å². The number of carbonyl (C=O) groups excluding carboxylic acids is 3. The molecule has 13 heteroatoms. The first-order valence-electron chi connectivity index (χ1n) is 21.2. The fraction of sp³-hybridized carbons (Fsp3) is 0.905. The Morgan fingerprint density at radius 1 is 0.509 bits per heavy atom. The Bertz CT molecular complexity index is 1240. The highest BCUT2D eigenvalue weighted by atomic mass is 16.6. The molecular weight excluding hydrogens is 712 g/mol. The van der Waals surface area contributed by atoms with Crippen LogP contribution in [0.3, 0.4) is 0 Å². The molecule has 0 radical (unpaired) electrons. The van der Waals surface area contributed by atoms with E-state index in [9.17, 15) is 29.4 Å². The van der Waals surface area contributed by atoms with E-state index in [0.717, 1.165) is 32.1 Å². The lowest BCUT2D eigenvalue weighted by Gasteiger charge is -2.26. The number of aliphatic hydroxyl groups excluding tert-OH is 1. The number of carboxylic acid groups (broad SMARTS) is 1. The molecule has 4 saturated heterocycles. The number of aliphatic carboxylic acids is 1. The van der Waals surface area contributed by atoms with Gasteiger partial charge in [-0.15, -0.1) is 0 Å². The summed E-state index contributed by atoms with van der Waals surface area (Å²) in [6, 6.07) is 0. The van der Waals surface area contributed by atoms with Crippen molar-refractivity contribution < 1.29 is 62.5 Å². The minimum absolute atomic E-state index is 0.0277. The molecule has 0 bridgehead atoms. The molecule has 4 fully saturated rings. The molecule has 4 aliphatic rings. The minimum Gasteiger partial charge on any atom is -0.481 e. The molecule has 0 amide bonds. The second kappa shape index (κ2) is 21.4. The summed E-state index contributed by atoms with van der Waals surface area (Å²) >= 11 is 0. The SMILES string of the molecule is CC[C@@H](O)C[C@H]1CC[C@@H]([C@H](C)C(=O)O[C@@H](C)C[C@@H]2CC[C@H]([C@@H](C)C(=O)O[C@H](CC)C[C@H]3CC[C@@H]([C@H](C)C(=O)O[C@@H](C)C[C@@H]4CC[C@H]([C@@H](C)C(=O)O)O4)O3)O2)O1. The third kappa shape index (κ3) is 13.4. The molecule has 0 aromatic rings. The molecule has 13 nitrogen and oxygen atoms in total. The Balaban J connectivity index is 1.13. The molecule has 55 heavy (non-hydrogen) atoms. The minimum atomic E-state index is -0.871. The summed E-state index contributed by atoms with van der Waals surface area (Å²) in [7, 11) is 0. The number of carboxylic acids is 1. The van der Waals surface area contributed by atoms with Crippen LogP contribution in [0.4, 0.5) is 0 Å². The van der Waals surface area contributed by atoms with E-state index < -0.39 is 29.6 Å². The molecule has 0 spiro atoms. The average Bonchev–Trinajstić information content (AvgIpc) is 3.98. The van der Waals surface area contributed by atoms with Gasteiger partial charge in [-0.1, -0.05) is 13.8 Å². The van der Waals surface area contributed by atoms with Crippen LogP contribution in [0.1, 0.15) is 145 Å². The molecule has 4 heterocycles. The van der Waals surface area contributed by atoms with Gasteiger partial charge in [0.1, 0.15) is 18.3 Å². The quantitative estimate of drug-likeness (QED) is 0.0979. The summed E-state index contributed by atoms with van der Waals surface area (Å²) in [5.41, 5.74) is 0. The van der Waals surface area contributed by atoms with Crippen LogP contribution in [0, 0.1) is 23.7 Å². The van der Waals surface area contributed by atoms with Gasteiger partial charge < -0.3 is 43.4 Å². The number of esters is 3. The van der Waals surface area contributed by atoms with Gasteiger partial charge >= 0.3 is 23.9 Å². The van der Waals surface area contributed by atoms with E-state index in [1.165, 1.54) is 0 Å². The van der Waals surface area contributed by atoms with E-state index >= 15 is 0 Å². The maximum Gasteiger partial charge on any atom is 0.311 e. The second-order valence-corrected chi connectivity index (χ2v) is 17.0. The Morgan fingerprint density at radius 3 is 1.22 bits per heavy atom. The fourth-order valence-electron chi connectivity index (χ4n) is 8.49. The van der Waals surface area contributed by atoms with Gasteiger partial charge in [0.2, 0.25) is 0 Å². The van der Waals surface area contributed by atoms with Gasteiger partial charge in [0.15, 0.2) is 0 Å².